The maximum atomic E-state index is 13.7. The second-order valence-electron chi connectivity index (χ2n) is 8.81. The Kier molecular flexibility index (Phi) is 7.48. The highest BCUT2D eigenvalue weighted by Crippen LogP contribution is 2.35. The lowest BCUT2D eigenvalue weighted by atomic mass is 9.97. The van der Waals surface area contributed by atoms with E-state index in [1.54, 1.807) is 22.2 Å². The van der Waals surface area contributed by atoms with Crippen LogP contribution in [0.25, 0.3) is 10.2 Å². The summed E-state index contributed by atoms with van der Waals surface area (Å²) in [5, 5.41) is 4.24. The van der Waals surface area contributed by atoms with Crippen LogP contribution in [-0.4, -0.2) is 34.3 Å². The van der Waals surface area contributed by atoms with E-state index in [4.69, 9.17) is 9.40 Å². The van der Waals surface area contributed by atoms with E-state index >= 15 is 0 Å². The van der Waals surface area contributed by atoms with Gasteiger partial charge in [0, 0.05) is 29.3 Å². The van der Waals surface area contributed by atoms with E-state index in [0.29, 0.717) is 10.9 Å². The molecule has 1 aromatic carbocycles. The first-order valence-corrected chi connectivity index (χ1v) is 14.2. The van der Waals surface area contributed by atoms with Gasteiger partial charge >= 0.3 is 0 Å². The number of nitrogens with one attached hydrogen (secondary N) is 1. The Bertz CT molecular complexity index is 1400. The van der Waals surface area contributed by atoms with E-state index in [1.807, 2.05) is 36.4 Å². The summed E-state index contributed by atoms with van der Waals surface area (Å²) in [5.74, 6) is 0.695. The van der Waals surface area contributed by atoms with Gasteiger partial charge in [0.2, 0.25) is 5.91 Å². The molecule has 1 N–H and O–H groups in total. The third kappa shape index (κ3) is 5.08. The molecular formula is C27H30N4O3S2. The van der Waals surface area contributed by atoms with Gasteiger partial charge in [0.1, 0.15) is 10.6 Å². The van der Waals surface area contributed by atoms with Gasteiger partial charge in [-0.15, -0.1) is 11.3 Å². The number of aromatic nitrogens is 2. The molecular weight excluding hydrogens is 492 g/mol. The van der Waals surface area contributed by atoms with Gasteiger partial charge in [0.05, 0.1) is 23.9 Å². The van der Waals surface area contributed by atoms with Gasteiger partial charge in [0.25, 0.3) is 5.56 Å². The van der Waals surface area contributed by atoms with Crippen LogP contribution in [-0.2, 0) is 24.2 Å². The SMILES string of the molecule is CCN(CC)c1ccc(NC(=O)CSc2nc3sc4c(c3c(=O)n2Cc2ccco2)CCCC4)cc1. The van der Waals surface area contributed by atoms with Crippen LogP contribution < -0.4 is 15.8 Å². The van der Waals surface area contributed by atoms with E-state index in [0.717, 1.165) is 65.9 Å². The second-order valence-corrected chi connectivity index (χ2v) is 10.8. The fourth-order valence-electron chi connectivity index (χ4n) is 4.70. The molecule has 0 unspecified atom stereocenters. The van der Waals surface area contributed by atoms with Crippen molar-refractivity contribution in [2.24, 2.45) is 0 Å². The summed E-state index contributed by atoms with van der Waals surface area (Å²) in [6.07, 6.45) is 5.78. The van der Waals surface area contributed by atoms with E-state index in [9.17, 15) is 9.59 Å². The number of furan rings is 1. The first kappa shape index (κ1) is 24.6. The number of amides is 1. The predicted molar refractivity (Wildman–Crippen MR) is 148 cm³/mol. The molecule has 0 saturated carbocycles. The Morgan fingerprint density at radius 2 is 1.94 bits per heavy atom. The smallest absolute Gasteiger partial charge is 0.263 e. The standard InChI is InChI=1S/C27H30N4O3S2/c1-3-30(4-2)19-13-11-18(12-14-19)28-23(32)17-35-27-29-25-24(21-9-5-6-10-22(21)36-25)26(33)31(27)16-20-8-7-15-34-20/h7-8,11-15H,3-6,9-10,16-17H2,1-2H3,(H,28,32). The second kappa shape index (κ2) is 10.9. The minimum absolute atomic E-state index is 0.0503. The van der Waals surface area contributed by atoms with Crippen LogP contribution in [0, 0.1) is 0 Å². The number of hydrogen-bond donors (Lipinski definition) is 1. The summed E-state index contributed by atoms with van der Waals surface area (Å²) in [4.78, 5) is 35.6. The van der Waals surface area contributed by atoms with Gasteiger partial charge in [-0.2, -0.15) is 0 Å². The molecule has 188 valence electrons. The number of thiophene rings is 1. The van der Waals surface area contributed by atoms with E-state index < -0.39 is 0 Å². The number of carbonyl (C=O) groups excluding carboxylic acids is 1. The topological polar surface area (TPSA) is 80.4 Å². The molecule has 36 heavy (non-hydrogen) atoms. The summed E-state index contributed by atoms with van der Waals surface area (Å²) in [6.45, 7) is 6.40. The third-order valence-electron chi connectivity index (χ3n) is 6.55. The number of nitrogens with zero attached hydrogens (tertiary/aromatic N) is 3. The molecule has 3 heterocycles. The van der Waals surface area contributed by atoms with Crippen molar-refractivity contribution in [1.29, 1.82) is 0 Å². The minimum atomic E-state index is -0.139. The fraction of sp³-hybridized carbons (Fsp3) is 0.370. The van der Waals surface area contributed by atoms with Crippen LogP contribution in [0.5, 0.6) is 0 Å². The van der Waals surface area contributed by atoms with E-state index in [2.05, 4.69) is 24.1 Å². The Hall–Kier alpha value is -3.04. The van der Waals surface area contributed by atoms with Gasteiger partial charge in [-0.25, -0.2) is 4.98 Å². The molecule has 0 saturated heterocycles. The Morgan fingerprint density at radius 1 is 1.17 bits per heavy atom. The van der Waals surface area contributed by atoms with Crippen molar-refractivity contribution in [2.45, 2.75) is 51.2 Å². The first-order chi connectivity index (χ1) is 17.6. The summed E-state index contributed by atoms with van der Waals surface area (Å²) in [7, 11) is 0. The Labute approximate surface area is 218 Å². The van der Waals surface area contributed by atoms with Crippen molar-refractivity contribution >= 4 is 50.6 Å². The van der Waals surface area contributed by atoms with Crippen LogP contribution in [0.1, 0.15) is 42.9 Å². The van der Waals surface area contributed by atoms with Crippen LogP contribution in [0.4, 0.5) is 11.4 Å². The Morgan fingerprint density at radius 3 is 2.67 bits per heavy atom. The summed E-state index contributed by atoms with van der Waals surface area (Å²) in [6, 6.07) is 11.5. The molecule has 0 atom stereocenters. The van der Waals surface area contributed by atoms with Gasteiger partial charge in [-0.1, -0.05) is 11.8 Å². The molecule has 3 aromatic heterocycles. The molecule has 7 nitrogen and oxygen atoms in total. The number of benzene rings is 1. The van der Waals surface area contributed by atoms with E-state index in [-0.39, 0.29) is 23.8 Å². The molecule has 0 radical (unpaired) electrons. The van der Waals surface area contributed by atoms with Crippen LogP contribution in [0.15, 0.2) is 57.0 Å². The number of rotatable bonds is 9. The van der Waals surface area contributed by atoms with Crippen molar-refractivity contribution in [3.8, 4) is 0 Å². The van der Waals surface area contributed by atoms with Gasteiger partial charge in [-0.3, -0.25) is 14.2 Å². The van der Waals surface area contributed by atoms with Gasteiger partial charge < -0.3 is 14.6 Å². The highest BCUT2D eigenvalue weighted by atomic mass is 32.2. The predicted octanol–water partition coefficient (Wildman–Crippen LogP) is 5.56. The minimum Gasteiger partial charge on any atom is -0.467 e. The maximum absolute atomic E-state index is 13.7. The normalized spacial score (nSPS) is 13.1. The number of anilines is 2. The number of carbonyl (C=O) groups is 1. The molecule has 1 aliphatic rings. The lowest BCUT2D eigenvalue weighted by Gasteiger charge is -2.21. The molecule has 4 aromatic rings. The van der Waals surface area contributed by atoms with Gasteiger partial charge in [0.15, 0.2) is 5.16 Å². The zero-order valence-electron chi connectivity index (χ0n) is 20.6. The van der Waals surface area contributed by atoms with Crippen molar-refractivity contribution in [3.63, 3.8) is 0 Å². The molecule has 0 bridgehead atoms. The zero-order chi connectivity index (χ0) is 25.1. The van der Waals surface area contributed by atoms with Crippen LogP contribution >= 0.6 is 23.1 Å². The molecule has 1 amide bonds. The van der Waals surface area contributed by atoms with Crippen LogP contribution in [0.3, 0.4) is 0 Å². The molecule has 5 rings (SSSR count). The third-order valence-corrected chi connectivity index (χ3v) is 8.71. The number of aryl methyl sites for hydroxylation is 2. The lowest BCUT2D eigenvalue weighted by molar-refractivity contribution is -0.113. The van der Waals surface area contributed by atoms with Gasteiger partial charge in [-0.05, 0) is 81.5 Å². The number of thioether (sulfide) groups is 1. The Balaban J connectivity index is 1.37. The average Bonchev–Trinajstić information content (AvgIpc) is 3.54. The number of fused-ring (bicyclic) bond motifs is 3. The largest absolute Gasteiger partial charge is 0.467 e. The first-order valence-electron chi connectivity index (χ1n) is 12.4. The number of hydrogen-bond acceptors (Lipinski definition) is 7. The van der Waals surface area contributed by atoms with Crippen molar-refractivity contribution < 1.29 is 9.21 Å². The maximum Gasteiger partial charge on any atom is 0.263 e. The average molecular weight is 523 g/mol. The fourth-order valence-corrected chi connectivity index (χ4v) is 6.80. The zero-order valence-corrected chi connectivity index (χ0v) is 22.2. The van der Waals surface area contributed by atoms with E-state index in [1.165, 1.54) is 16.6 Å². The molecule has 0 spiro atoms. The molecule has 0 fully saturated rings. The van der Waals surface area contributed by atoms with Crippen molar-refractivity contribution in [1.82, 2.24) is 9.55 Å². The highest BCUT2D eigenvalue weighted by molar-refractivity contribution is 7.99. The molecule has 9 heteroatoms. The lowest BCUT2D eigenvalue weighted by Crippen LogP contribution is -2.25. The molecule has 1 aliphatic carbocycles. The van der Waals surface area contributed by atoms with Crippen molar-refractivity contribution in [2.75, 3.05) is 29.1 Å². The molecule has 0 aliphatic heterocycles. The summed E-state index contributed by atoms with van der Waals surface area (Å²) >= 11 is 2.91. The summed E-state index contributed by atoms with van der Waals surface area (Å²) < 4.78 is 7.18. The summed E-state index contributed by atoms with van der Waals surface area (Å²) in [5.41, 5.74) is 2.99. The monoisotopic (exact) mass is 522 g/mol. The quantitative estimate of drug-likeness (QED) is 0.229. The van der Waals surface area contributed by atoms with Crippen molar-refractivity contribution in [3.05, 3.63) is 69.2 Å². The van der Waals surface area contributed by atoms with Crippen LogP contribution in [0.2, 0.25) is 0 Å². The highest BCUT2D eigenvalue weighted by Gasteiger charge is 2.23.